The van der Waals surface area contributed by atoms with Gasteiger partial charge in [0, 0.05) is 26.2 Å². The molecule has 166 valence electrons. The molecule has 2 aliphatic heterocycles. The first-order valence-electron chi connectivity index (χ1n) is 10.5. The first-order valence-corrected chi connectivity index (χ1v) is 10.5. The molecule has 0 aromatic heterocycles. The van der Waals surface area contributed by atoms with Crippen LogP contribution in [0.3, 0.4) is 0 Å². The molecule has 2 saturated heterocycles. The SMILES string of the molecule is CCNC(=NCC1CCN(CC(F)(F)F)C1)NCCCN1CCCCCC1.I. The van der Waals surface area contributed by atoms with Crippen molar-refractivity contribution in [1.82, 2.24) is 20.4 Å². The quantitative estimate of drug-likeness (QED) is 0.224. The molecule has 0 saturated carbocycles. The Hall–Kier alpha value is -0.290. The maximum atomic E-state index is 12.5. The van der Waals surface area contributed by atoms with Crippen LogP contribution in [0.5, 0.6) is 0 Å². The number of hydrogen-bond donors (Lipinski definition) is 2. The summed E-state index contributed by atoms with van der Waals surface area (Å²) in [5.41, 5.74) is 0. The monoisotopic (exact) mass is 519 g/mol. The van der Waals surface area contributed by atoms with E-state index in [4.69, 9.17) is 0 Å². The molecule has 0 bridgehead atoms. The van der Waals surface area contributed by atoms with E-state index in [0.717, 1.165) is 38.4 Å². The molecular formula is C19H37F3IN5. The minimum Gasteiger partial charge on any atom is -0.357 e. The summed E-state index contributed by atoms with van der Waals surface area (Å²) in [5.74, 6) is 0.988. The van der Waals surface area contributed by atoms with Crippen LogP contribution in [0.4, 0.5) is 13.2 Å². The Labute approximate surface area is 184 Å². The number of rotatable bonds is 8. The summed E-state index contributed by atoms with van der Waals surface area (Å²) in [6.07, 6.45) is 3.08. The second-order valence-electron chi connectivity index (χ2n) is 7.76. The van der Waals surface area contributed by atoms with Crippen molar-refractivity contribution in [3.8, 4) is 0 Å². The number of nitrogens with zero attached hydrogens (tertiary/aromatic N) is 3. The fraction of sp³-hybridized carbons (Fsp3) is 0.947. The molecule has 2 aliphatic rings. The smallest absolute Gasteiger partial charge is 0.357 e. The van der Waals surface area contributed by atoms with Crippen molar-refractivity contribution in [3.05, 3.63) is 0 Å². The van der Waals surface area contributed by atoms with Crippen LogP contribution in [0, 0.1) is 5.92 Å². The van der Waals surface area contributed by atoms with Crippen molar-refractivity contribution in [2.45, 2.75) is 51.6 Å². The average molecular weight is 519 g/mol. The highest BCUT2D eigenvalue weighted by atomic mass is 127. The molecule has 0 aromatic carbocycles. The van der Waals surface area contributed by atoms with Crippen LogP contribution >= 0.6 is 24.0 Å². The van der Waals surface area contributed by atoms with Crippen LogP contribution in [0.1, 0.15) is 45.4 Å². The lowest BCUT2D eigenvalue weighted by atomic mass is 10.1. The second-order valence-corrected chi connectivity index (χ2v) is 7.76. The Morgan fingerprint density at radius 2 is 1.75 bits per heavy atom. The molecule has 2 heterocycles. The molecule has 28 heavy (non-hydrogen) atoms. The van der Waals surface area contributed by atoms with Gasteiger partial charge in [-0.05, 0) is 64.7 Å². The van der Waals surface area contributed by atoms with Gasteiger partial charge in [-0.2, -0.15) is 13.2 Å². The Morgan fingerprint density at radius 3 is 2.39 bits per heavy atom. The lowest BCUT2D eigenvalue weighted by molar-refractivity contribution is -0.143. The lowest BCUT2D eigenvalue weighted by Gasteiger charge is -2.20. The Morgan fingerprint density at radius 1 is 1.04 bits per heavy atom. The van der Waals surface area contributed by atoms with Gasteiger partial charge in [-0.1, -0.05) is 12.8 Å². The highest BCUT2D eigenvalue weighted by Crippen LogP contribution is 2.22. The summed E-state index contributed by atoms with van der Waals surface area (Å²) >= 11 is 0. The maximum Gasteiger partial charge on any atom is 0.401 e. The van der Waals surface area contributed by atoms with Gasteiger partial charge in [-0.25, -0.2) is 0 Å². The molecule has 0 amide bonds. The zero-order valence-corrected chi connectivity index (χ0v) is 19.4. The molecule has 0 spiro atoms. The fourth-order valence-corrected chi connectivity index (χ4v) is 3.89. The summed E-state index contributed by atoms with van der Waals surface area (Å²) in [7, 11) is 0. The van der Waals surface area contributed by atoms with Gasteiger partial charge < -0.3 is 15.5 Å². The number of alkyl halides is 3. The molecule has 2 rings (SSSR count). The first kappa shape index (κ1) is 25.7. The molecule has 2 fully saturated rings. The third kappa shape index (κ3) is 11.0. The van der Waals surface area contributed by atoms with E-state index >= 15 is 0 Å². The molecule has 2 N–H and O–H groups in total. The predicted molar refractivity (Wildman–Crippen MR) is 120 cm³/mol. The third-order valence-electron chi connectivity index (χ3n) is 5.27. The minimum atomic E-state index is -4.11. The molecule has 0 aromatic rings. The molecule has 1 atom stereocenters. The van der Waals surface area contributed by atoms with Gasteiger partial charge in [0.05, 0.1) is 6.54 Å². The van der Waals surface area contributed by atoms with E-state index in [2.05, 4.69) is 20.5 Å². The Bertz CT molecular complexity index is 440. The minimum absolute atomic E-state index is 0. The molecule has 0 aliphatic carbocycles. The number of guanidine groups is 1. The predicted octanol–water partition coefficient (Wildman–Crippen LogP) is 3.31. The molecule has 9 heteroatoms. The van der Waals surface area contributed by atoms with Gasteiger partial charge >= 0.3 is 6.18 Å². The highest BCUT2D eigenvalue weighted by molar-refractivity contribution is 14.0. The number of halogens is 4. The summed E-state index contributed by atoms with van der Waals surface area (Å²) in [6, 6.07) is 0. The molecule has 1 unspecified atom stereocenters. The van der Waals surface area contributed by atoms with Gasteiger partial charge in [0.25, 0.3) is 0 Å². The van der Waals surface area contributed by atoms with Crippen molar-refractivity contribution < 1.29 is 13.2 Å². The Balaban J connectivity index is 0.00000392. The molecule has 0 radical (unpaired) electrons. The van der Waals surface area contributed by atoms with E-state index in [9.17, 15) is 13.2 Å². The van der Waals surface area contributed by atoms with Crippen LogP contribution in [0.25, 0.3) is 0 Å². The number of hydrogen-bond acceptors (Lipinski definition) is 3. The van der Waals surface area contributed by atoms with E-state index in [1.807, 2.05) is 6.92 Å². The highest BCUT2D eigenvalue weighted by Gasteiger charge is 2.34. The Kier molecular flexibility index (Phi) is 12.7. The van der Waals surface area contributed by atoms with Crippen LogP contribution < -0.4 is 10.6 Å². The van der Waals surface area contributed by atoms with Crippen LogP contribution in [-0.4, -0.2) is 80.8 Å². The van der Waals surface area contributed by atoms with E-state index in [1.165, 1.54) is 43.7 Å². The van der Waals surface area contributed by atoms with Crippen LogP contribution in [0.15, 0.2) is 4.99 Å². The largest absolute Gasteiger partial charge is 0.401 e. The zero-order chi connectivity index (χ0) is 19.5. The summed E-state index contributed by atoms with van der Waals surface area (Å²) in [6.45, 7) is 7.98. The van der Waals surface area contributed by atoms with Gasteiger partial charge in [-0.3, -0.25) is 9.89 Å². The van der Waals surface area contributed by atoms with Crippen LogP contribution in [0.2, 0.25) is 0 Å². The number of aliphatic imine (C=N–C) groups is 1. The topological polar surface area (TPSA) is 42.9 Å². The summed E-state index contributed by atoms with van der Waals surface area (Å²) < 4.78 is 37.5. The summed E-state index contributed by atoms with van der Waals surface area (Å²) in [5, 5.41) is 6.60. The second kappa shape index (κ2) is 13.8. The number of likely N-dealkylation sites (tertiary alicyclic amines) is 2. The van der Waals surface area contributed by atoms with E-state index < -0.39 is 12.7 Å². The van der Waals surface area contributed by atoms with Crippen LogP contribution in [-0.2, 0) is 0 Å². The molecule has 5 nitrogen and oxygen atoms in total. The van der Waals surface area contributed by atoms with Gasteiger partial charge in [-0.15, -0.1) is 24.0 Å². The third-order valence-corrected chi connectivity index (χ3v) is 5.27. The zero-order valence-electron chi connectivity index (χ0n) is 17.1. The van der Waals surface area contributed by atoms with E-state index in [0.29, 0.717) is 19.6 Å². The van der Waals surface area contributed by atoms with Gasteiger partial charge in [0.1, 0.15) is 0 Å². The summed E-state index contributed by atoms with van der Waals surface area (Å²) in [4.78, 5) is 8.63. The van der Waals surface area contributed by atoms with Crippen molar-refractivity contribution in [2.75, 3.05) is 58.9 Å². The van der Waals surface area contributed by atoms with Crippen molar-refractivity contribution in [2.24, 2.45) is 10.9 Å². The van der Waals surface area contributed by atoms with Crippen molar-refractivity contribution >= 4 is 29.9 Å². The maximum absolute atomic E-state index is 12.5. The fourth-order valence-electron chi connectivity index (χ4n) is 3.89. The van der Waals surface area contributed by atoms with Gasteiger partial charge in [0.2, 0.25) is 0 Å². The standard InChI is InChI=1S/C19H36F3N5.HI/c1-2-23-18(24-9-7-12-26-10-5-3-4-6-11-26)25-14-17-8-13-27(15-17)16-19(20,21)22;/h17H,2-16H2,1H3,(H2,23,24,25);1H. The van der Waals surface area contributed by atoms with Gasteiger partial charge in [0.15, 0.2) is 5.96 Å². The first-order chi connectivity index (χ1) is 13.0. The van der Waals surface area contributed by atoms with Crippen molar-refractivity contribution in [3.63, 3.8) is 0 Å². The van der Waals surface area contributed by atoms with E-state index in [1.54, 1.807) is 0 Å². The van der Waals surface area contributed by atoms with E-state index in [-0.39, 0.29) is 29.9 Å². The van der Waals surface area contributed by atoms with Crippen molar-refractivity contribution in [1.29, 1.82) is 0 Å². The normalized spacial score (nSPS) is 22.6. The molecular weight excluding hydrogens is 482 g/mol. The average Bonchev–Trinajstić information content (AvgIpc) is 2.87. The number of nitrogens with one attached hydrogen (secondary N) is 2. The lowest BCUT2D eigenvalue weighted by Crippen LogP contribution is -2.39.